The monoisotopic (exact) mass is 339 g/mol. The molecular formula is C16H18ClNO3S. The van der Waals surface area contributed by atoms with Crippen molar-refractivity contribution in [2.75, 3.05) is 7.11 Å². The lowest BCUT2D eigenvalue weighted by Gasteiger charge is -2.16. The van der Waals surface area contributed by atoms with Crippen LogP contribution in [0, 0.1) is 6.92 Å². The van der Waals surface area contributed by atoms with Gasteiger partial charge in [-0.3, -0.25) is 0 Å². The van der Waals surface area contributed by atoms with E-state index in [0.717, 1.165) is 11.1 Å². The minimum atomic E-state index is -3.74. The summed E-state index contributed by atoms with van der Waals surface area (Å²) in [6.07, 6.45) is 0. The molecule has 0 radical (unpaired) electrons. The van der Waals surface area contributed by atoms with Crippen molar-refractivity contribution in [2.45, 2.75) is 24.8 Å². The Balaban J connectivity index is 2.31. The molecule has 1 N–H and O–H groups in total. The van der Waals surface area contributed by atoms with Crippen molar-refractivity contribution >= 4 is 21.6 Å². The van der Waals surface area contributed by atoms with Gasteiger partial charge in [-0.25, -0.2) is 13.1 Å². The van der Waals surface area contributed by atoms with Gasteiger partial charge in [-0.05, 0) is 37.6 Å². The third-order valence-corrected chi connectivity index (χ3v) is 5.12. The molecule has 0 aromatic heterocycles. The smallest absolute Gasteiger partial charge is 0.244 e. The van der Waals surface area contributed by atoms with E-state index in [1.807, 2.05) is 31.2 Å². The Labute approximate surface area is 136 Å². The Morgan fingerprint density at radius 1 is 1.14 bits per heavy atom. The summed E-state index contributed by atoms with van der Waals surface area (Å²) in [6, 6.07) is 11.8. The van der Waals surface area contributed by atoms with E-state index in [2.05, 4.69) is 4.72 Å². The summed E-state index contributed by atoms with van der Waals surface area (Å²) in [4.78, 5) is 0.0291. The van der Waals surface area contributed by atoms with Gasteiger partial charge in [0.05, 0.1) is 7.11 Å². The number of ether oxygens (including phenoxy) is 1. The quantitative estimate of drug-likeness (QED) is 0.903. The van der Waals surface area contributed by atoms with Gasteiger partial charge in [0.1, 0.15) is 10.6 Å². The fourth-order valence-electron chi connectivity index (χ4n) is 2.08. The summed E-state index contributed by atoms with van der Waals surface area (Å²) in [5.41, 5.74) is 2.01. The zero-order chi connectivity index (χ0) is 16.3. The average Bonchev–Trinajstić information content (AvgIpc) is 2.47. The molecule has 0 amide bonds. The van der Waals surface area contributed by atoms with Crippen LogP contribution in [0.3, 0.4) is 0 Å². The molecule has 1 atom stereocenters. The predicted octanol–water partition coefficient (Wildman–Crippen LogP) is 3.70. The van der Waals surface area contributed by atoms with Crippen molar-refractivity contribution in [3.63, 3.8) is 0 Å². The summed E-state index contributed by atoms with van der Waals surface area (Å²) >= 11 is 5.90. The molecule has 0 aliphatic heterocycles. The van der Waals surface area contributed by atoms with Gasteiger partial charge >= 0.3 is 0 Å². The van der Waals surface area contributed by atoms with Crippen LogP contribution in [0.15, 0.2) is 47.4 Å². The van der Waals surface area contributed by atoms with E-state index in [4.69, 9.17) is 16.3 Å². The molecule has 0 saturated heterocycles. The Bertz CT molecular complexity index is 757. The summed E-state index contributed by atoms with van der Waals surface area (Å²) in [5.74, 6) is 0.257. The van der Waals surface area contributed by atoms with Crippen LogP contribution < -0.4 is 9.46 Å². The molecule has 0 saturated carbocycles. The number of halogens is 1. The van der Waals surface area contributed by atoms with E-state index in [-0.39, 0.29) is 16.7 Å². The standard InChI is InChI=1S/C16H18ClNO3S/c1-11-4-6-13(7-5-11)12(2)18-22(19,20)16-10-14(17)8-9-15(16)21-3/h4-10,12,18H,1-3H3/t12-/m1/s1. The number of methoxy groups -OCH3 is 1. The maximum absolute atomic E-state index is 12.6. The number of benzene rings is 2. The molecule has 22 heavy (non-hydrogen) atoms. The zero-order valence-corrected chi connectivity index (χ0v) is 14.2. The van der Waals surface area contributed by atoms with Crippen LogP contribution in [0.4, 0.5) is 0 Å². The van der Waals surface area contributed by atoms with Gasteiger partial charge in [0.2, 0.25) is 10.0 Å². The van der Waals surface area contributed by atoms with Crippen LogP contribution in [-0.4, -0.2) is 15.5 Å². The van der Waals surface area contributed by atoms with Crippen molar-refractivity contribution in [2.24, 2.45) is 0 Å². The van der Waals surface area contributed by atoms with Crippen LogP contribution in [0.5, 0.6) is 5.75 Å². The van der Waals surface area contributed by atoms with Gasteiger partial charge in [-0.1, -0.05) is 41.4 Å². The molecule has 2 aromatic rings. The first-order valence-corrected chi connectivity index (χ1v) is 8.62. The number of sulfonamides is 1. The first-order valence-electron chi connectivity index (χ1n) is 6.76. The summed E-state index contributed by atoms with van der Waals surface area (Å²) in [6.45, 7) is 3.77. The highest BCUT2D eigenvalue weighted by molar-refractivity contribution is 7.89. The van der Waals surface area contributed by atoms with Crippen molar-refractivity contribution in [3.05, 3.63) is 58.6 Å². The van der Waals surface area contributed by atoms with Crippen molar-refractivity contribution in [3.8, 4) is 5.75 Å². The molecule has 0 aliphatic rings. The lowest BCUT2D eigenvalue weighted by Crippen LogP contribution is -2.27. The average molecular weight is 340 g/mol. The normalized spacial score (nSPS) is 12.9. The highest BCUT2D eigenvalue weighted by Crippen LogP contribution is 2.28. The van der Waals surface area contributed by atoms with Crippen LogP contribution in [0.1, 0.15) is 24.1 Å². The number of nitrogens with one attached hydrogen (secondary N) is 1. The van der Waals surface area contributed by atoms with Crippen molar-refractivity contribution < 1.29 is 13.2 Å². The van der Waals surface area contributed by atoms with Crippen molar-refractivity contribution in [1.29, 1.82) is 0 Å². The highest BCUT2D eigenvalue weighted by Gasteiger charge is 2.22. The van der Waals surface area contributed by atoms with Gasteiger partial charge in [-0.2, -0.15) is 0 Å². The Hall–Kier alpha value is -1.56. The summed E-state index contributed by atoms with van der Waals surface area (Å²) in [7, 11) is -2.32. The molecule has 118 valence electrons. The van der Waals surface area contributed by atoms with Crippen LogP contribution >= 0.6 is 11.6 Å². The summed E-state index contributed by atoms with van der Waals surface area (Å²) < 4.78 is 32.9. The third-order valence-electron chi connectivity index (χ3n) is 3.32. The second-order valence-corrected chi connectivity index (χ2v) is 7.17. The maximum Gasteiger partial charge on any atom is 0.244 e. The zero-order valence-electron chi connectivity index (χ0n) is 12.6. The molecule has 0 unspecified atom stereocenters. The van der Waals surface area contributed by atoms with E-state index in [9.17, 15) is 8.42 Å². The topological polar surface area (TPSA) is 55.4 Å². The van der Waals surface area contributed by atoms with Crippen LogP contribution in [0.25, 0.3) is 0 Å². The van der Waals surface area contributed by atoms with E-state index in [1.165, 1.54) is 19.2 Å². The number of aryl methyl sites for hydroxylation is 1. The predicted molar refractivity (Wildman–Crippen MR) is 87.9 cm³/mol. The molecule has 0 aliphatic carbocycles. The number of rotatable bonds is 5. The van der Waals surface area contributed by atoms with Gasteiger partial charge in [0.15, 0.2) is 0 Å². The van der Waals surface area contributed by atoms with Gasteiger partial charge < -0.3 is 4.74 Å². The minimum Gasteiger partial charge on any atom is -0.495 e. The fraction of sp³-hybridized carbons (Fsp3) is 0.250. The molecule has 0 heterocycles. The Morgan fingerprint density at radius 2 is 1.77 bits per heavy atom. The van der Waals surface area contributed by atoms with Crippen LogP contribution in [0.2, 0.25) is 5.02 Å². The third kappa shape index (κ3) is 3.80. The Morgan fingerprint density at radius 3 is 2.36 bits per heavy atom. The second-order valence-electron chi connectivity index (χ2n) is 5.05. The number of hydrogen-bond acceptors (Lipinski definition) is 3. The minimum absolute atomic E-state index is 0.0291. The lowest BCUT2D eigenvalue weighted by atomic mass is 10.1. The SMILES string of the molecule is COc1ccc(Cl)cc1S(=O)(=O)N[C@H](C)c1ccc(C)cc1. The second kappa shape index (κ2) is 6.69. The van der Waals surface area contributed by atoms with E-state index in [0.29, 0.717) is 5.02 Å². The molecular weight excluding hydrogens is 322 g/mol. The van der Waals surface area contributed by atoms with Gasteiger partial charge in [0, 0.05) is 11.1 Å². The Kier molecular flexibility index (Phi) is 5.11. The van der Waals surface area contributed by atoms with Gasteiger partial charge in [-0.15, -0.1) is 0 Å². The largest absolute Gasteiger partial charge is 0.495 e. The first-order chi connectivity index (χ1) is 10.3. The number of hydrogen-bond donors (Lipinski definition) is 1. The van der Waals surface area contributed by atoms with E-state index < -0.39 is 10.0 Å². The molecule has 0 fully saturated rings. The van der Waals surface area contributed by atoms with Gasteiger partial charge in [0.25, 0.3) is 0 Å². The molecule has 0 spiro atoms. The molecule has 0 bridgehead atoms. The highest BCUT2D eigenvalue weighted by atomic mass is 35.5. The fourth-order valence-corrected chi connectivity index (χ4v) is 3.74. The lowest BCUT2D eigenvalue weighted by molar-refractivity contribution is 0.402. The maximum atomic E-state index is 12.6. The molecule has 2 aromatic carbocycles. The molecule has 2 rings (SSSR count). The van der Waals surface area contributed by atoms with Crippen LogP contribution in [-0.2, 0) is 10.0 Å². The first kappa shape index (κ1) is 16.8. The van der Waals surface area contributed by atoms with Crippen molar-refractivity contribution in [1.82, 2.24) is 4.72 Å². The summed E-state index contributed by atoms with van der Waals surface area (Å²) in [5, 5.41) is 0.337. The van der Waals surface area contributed by atoms with E-state index in [1.54, 1.807) is 13.0 Å². The molecule has 6 heteroatoms. The van der Waals surface area contributed by atoms with E-state index >= 15 is 0 Å². The molecule has 4 nitrogen and oxygen atoms in total.